The van der Waals surface area contributed by atoms with Crippen molar-refractivity contribution in [2.24, 2.45) is 0 Å². The molecule has 4 aliphatic heterocycles. The molecule has 5 heterocycles. The van der Waals surface area contributed by atoms with Gasteiger partial charge in [0, 0.05) is 83.3 Å². The lowest BCUT2D eigenvalue weighted by atomic mass is 10.0. The molecule has 4 aromatic rings. The third kappa shape index (κ3) is 8.71. The smallest absolute Gasteiger partial charge is 0.362 e. The number of hydrogen-bond donors (Lipinski definition) is 3. The van der Waals surface area contributed by atoms with Gasteiger partial charge in [0.1, 0.15) is 16.8 Å². The molecule has 3 N–H and O–H groups in total. The van der Waals surface area contributed by atoms with E-state index in [4.69, 9.17) is 25.4 Å². The van der Waals surface area contributed by atoms with Gasteiger partial charge in [-0.15, -0.1) is 0 Å². The second-order valence-corrected chi connectivity index (χ2v) is 17.9. The standard InChI is InChI=1S/C42H49ClN9O7P/c1-57-36-23-30(9-11-33(36)46-42-44-24-32(43)39(48-42)45-34-6-4-5-7-37(34)60(56,58-2)59-3)51-20-18-50(19-21-51)29-14-16-49(17-15-29)25-27-8-10-31-28(22-27)26-52(41(31)55)35-12-13-38(53)47-40(35)54/h4-11,22-24,29,35H,12-21,25-26H2,1-3H3,(H,47,53,54)(H2,44,45,46,48). The molecule has 0 bridgehead atoms. The number of nitrogens with one attached hydrogen (secondary N) is 3. The third-order valence-electron chi connectivity index (χ3n) is 11.9. The average Bonchev–Trinajstić information content (AvgIpc) is 3.59. The van der Waals surface area contributed by atoms with E-state index >= 15 is 0 Å². The fourth-order valence-electron chi connectivity index (χ4n) is 8.60. The molecular weight excluding hydrogens is 809 g/mol. The first-order valence-corrected chi connectivity index (χ1v) is 22.0. The second-order valence-electron chi connectivity index (χ2n) is 15.3. The highest BCUT2D eigenvalue weighted by atomic mass is 35.5. The van der Waals surface area contributed by atoms with Gasteiger partial charge in [-0.1, -0.05) is 35.9 Å². The Balaban J connectivity index is 0.830. The van der Waals surface area contributed by atoms with E-state index in [1.807, 2.05) is 24.3 Å². The van der Waals surface area contributed by atoms with Crippen molar-refractivity contribution in [3.63, 3.8) is 0 Å². The zero-order chi connectivity index (χ0) is 42.0. The van der Waals surface area contributed by atoms with E-state index < -0.39 is 13.6 Å². The Kier molecular flexibility index (Phi) is 12.4. The van der Waals surface area contributed by atoms with Crippen LogP contribution >= 0.6 is 19.2 Å². The van der Waals surface area contributed by atoms with Crippen LogP contribution in [0.25, 0.3) is 0 Å². The molecule has 3 saturated heterocycles. The van der Waals surface area contributed by atoms with Crippen molar-refractivity contribution >= 4 is 71.1 Å². The fourth-order valence-corrected chi connectivity index (χ4v) is 9.98. The fraction of sp³-hybridized carbons (Fsp3) is 0.405. The third-order valence-corrected chi connectivity index (χ3v) is 14.1. The molecule has 3 amide bonds. The number of aromatic nitrogens is 2. The summed E-state index contributed by atoms with van der Waals surface area (Å²) in [4.78, 5) is 55.3. The van der Waals surface area contributed by atoms with Gasteiger partial charge in [-0.3, -0.25) is 34.1 Å². The van der Waals surface area contributed by atoms with E-state index in [-0.39, 0.29) is 35.1 Å². The van der Waals surface area contributed by atoms with Gasteiger partial charge in [0.15, 0.2) is 5.82 Å². The van der Waals surface area contributed by atoms with Crippen molar-refractivity contribution in [2.75, 3.05) is 76.1 Å². The Morgan fingerprint density at radius 3 is 2.38 bits per heavy atom. The van der Waals surface area contributed by atoms with Gasteiger partial charge in [-0.05, 0) is 73.8 Å². The van der Waals surface area contributed by atoms with Gasteiger partial charge >= 0.3 is 7.60 Å². The number of piperidine rings is 2. The molecule has 60 heavy (non-hydrogen) atoms. The number of rotatable bonds is 13. The van der Waals surface area contributed by atoms with Crippen LogP contribution in [0.5, 0.6) is 5.75 Å². The van der Waals surface area contributed by atoms with Crippen LogP contribution in [-0.2, 0) is 36.3 Å². The molecule has 18 heteroatoms. The number of hydrogen-bond acceptors (Lipinski definition) is 14. The maximum atomic E-state index is 13.2. The van der Waals surface area contributed by atoms with Gasteiger partial charge in [-0.2, -0.15) is 4.98 Å². The van der Waals surface area contributed by atoms with Crippen LogP contribution < -0.4 is 30.9 Å². The maximum absolute atomic E-state index is 13.2. The van der Waals surface area contributed by atoms with Gasteiger partial charge in [0.2, 0.25) is 17.8 Å². The van der Waals surface area contributed by atoms with E-state index in [0.717, 1.165) is 69.9 Å². The van der Waals surface area contributed by atoms with Gasteiger partial charge < -0.3 is 34.2 Å². The number of carbonyl (C=O) groups excluding carboxylic acids is 3. The zero-order valence-electron chi connectivity index (χ0n) is 33.9. The second kappa shape index (κ2) is 17.9. The molecule has 3 aromatic carbocycles. The van der Waals surface area contributed by atoms with E-state index in [2.05, 4.69) is 52.8 Å². The number of piperazine rings is 1. The molecule has 0 saturated carbocycles. The number of halogens is 1. The predicted octanol–water partition coefficient (Wildman–Crippen LogP) is 5.28. The lowest BCUT2D eigenvalue weighted by molar-refractivity contribution is -0.136. The Morgan fingerprint density at radius 1 is 0.883 bits per heavy atom. The minimum atomic E-state index is -3.56. The van der Waals surface area contributed by atoms with Crippen LogP contribution in [0.2, 0.25) is 5.02 Å². The number of nitrogens with zero attached hydrogens (tertiary/aromatic N) is 6. The van der Waals surface area contributed by atoms with E-state index in [9.17, 15) is 18.9 Å². The number of likely N-dealkylation sites (tertiary alicyclic amines) is 1. The normalized spacial score (nSPS) is 19.3. The van der Waals surface area contributed by atoms with Gasteiger partial charge in [0.25, 0.3) is 5.91 Å². The summed E-state index contributed by atoms with van der Waals surface area (Å²) >= 11 is 6.49. The summed E-state index contributed by atoms with van der Waals surface area (Å²) in [6.07, 6.45) is 4.28. The molecule has 0 spiro atoms. The van der Waals surface area contributed by atoms with Crippen molar-refractivity contribution in [3.05, 3.63) is 88.6 Å². The first kappa shape index (κ1) is 41.6. The van der Waals surface area contributed by atoms with Crippen LogP contribution in [-0.4, -0.2) is 115 Å². The van der Waals surface area contributed by atoms with Gasteiger partial charge in [0.05, 0.1) is 30.0 Å². The SMILES string of the molecule is COc1cc(N2CCN(C3CCN(Cc4ccc5c(c4)CN(C4CCC(=O)NC4=O)C5=O)CC3)CC2)ccc1Nc1ncc(Cl)c(Nc2ccccc2P(=O)(OC)OC)n1. The summed E-state index contributed by atoms with van der Waals surface area (Å²) in [6, 6.07) is 18.9. The number of methoxy groups -OCH3 is 1. The summed E-state index contributed by atoms with van der Waals surface area (Å²) in [5.74, 6) is 0.422. The summed E-state index contributed by atoms with van der Waals surface area (Å²) in [6.45, 7) is 6.95. The molecular formula is C42H49ClN9O7P. The van der Waals surface area contributed by atoms with Crippen molar-refractivity contribution in [2.45, 2.75) is 50.9 Å². The Bertz CT molecular complexity index is 2310. The van der Waals surface area contributed by atoms with Crippen LogP contribution in [0.1, 0.15) is 47.2 Å². The average molecular weight is 858 g/mol. The molecule has 1 aromatic heterocycles. The maximum Gasteiger partial charge on any atom is 0.362 e. The number of anilines is 5. The van der Waals surface area contributed by atoms with Crippen molar-refractivity contribution in [1.29, 1.82) is 0 Å². The van der Waals surface area contributed by atoms with Crippen molar-refractivity contribution < 1.29 is 32.7 Å². The van der Waals surface area contributed by atoms with Crippen LogP contribution in [0.4, 0.5) is 28.8 Å². The van der Waals surface area contributed by atoms with Crippen LogP contribution in [0, 0.1) is 0 Å². The highest BCUT2D eigenvalue weighted by molar-refractivity contribution is 7.62. The van der Waals surface area contributed by atoms with Crippen molar-refractivity contribution in [3.8, 4) is 5.75 Å². The Morgan fingerprint density at radius 2 is 1.65 bits per heavy atom. The van der Waals surface area contributed by atoms with E-state index in [1.165, 1.54) is 26.0 Å². The van der Waals surface area contributed by atoms with E-state index in [1.54, 1.807) is 36.3 Å². The summed E-state index contributed by atoms with van der Waals surface area (Å²) in [5, 5.41) is 9.39. The van der Waals surface area contributed by atoms with Gasteiger partial charge in [-0.25, -0.2) is 4.98 Å². The minimum Gasteiger partial charge on any atom is -0.494 e. The number of ether oxygens (including phenoxy) is 1. The first-order valence-electron chi connectivity index (χ1n) is 20.1. The zero-order valence-corrected chi connectivity index (χ0v) is 35.5. The number of imide groups is 1. The number of benzene rings is 3. The van der Waals surface area contributed by atoms with Crippen molar-refractivity contribution in [1.82, 2.24) is 30.0 Å². The number of fused-ring (bicyclic) bond motifs is 1. The predicted molar refractivity (Wildman–Crippen MR) is 229 cm³/mol. The Labute approximate surface area is 354 Å². The molecule has 0 radical (unpaired) electrons. The first-order chi connectivity index (χ1) is 29.0. The number of carbonyl (C=O) groups is 3. The van der Waals surface area contributed by atoms with E-state index in [0.29, 0.717) is 52.8 Å². The molecule has 1 unspecified atom stereocenters. The number of para-hydroxylation sites is 1. The largest absolute Gasteiger partial charge is 0.494 e. The molecule has 316 valence electrons. The monoisotopic (exact) mass is 857 g/mol. The topological polar surface area (TPSA) is 171 Å². The quantitative estimate of drug-likeness (QED) is 0.117. The highest BCUT2D eigenvalue weighted by Crippen LogP contribution is 2.47. The summed E-state index contributed by atoms with van der Waals surface area (Å²) in [7, 11) is 0.736. The van der Waals surface area contributed by atoms with Crippen LogP contribution in [0.3, 0.4) is 0 Å². The molecule has 0 aliphatic carbocycles. The molecule has 8 rings (SSSR count). The lowest BCUT2D eigenvalue weighted by Crippen LogP contribution is -2.53. The minimum absolute atomic E-state index is 0.140. The lowest BCUT2D eigenvalue weighted by Gasteiger charge is -2.43. The summed E-state index contributed by atoms with van der Waals surface area (Å²) in [5.41, 5.74) is 4.98. The summed E-state index contributed by atoms with van der Waals surface area (Å²) < 4.78 is 29.4. The Hall–Kier alpha value is -5.09. The molecule has 1 atom stereocenters. The molecule has 4 aliphatic rings. The molecule has 3 fully saturated rings. The van der Waals surface area contributed by atoms with Crippen LogP contribution in [0.15, 0.2) is 66.9 Å². The number of amides is 3. The highest BCUT2D eigenvalue weighted by Gasteiger charge is 2.39. The molecule has 16 nitrogen and oxygen atoms in total.